The third-order valence-corrected chi connectivity index (χ3v) is 2.54. The fraction of sp³-hybridized carbons (Fsp3) is 0.250. The molecule has 0 atom stereocenters. The van der Waals surface area contributed by atoms with Crippen LogP contribution in [0.15, 0.2) is 16.6 Å². The molecule has 0 spiro atoms. The van der Waals surface area contributed by atoms with Gasteiger partial charge in [0.2, 0.25) is 0 Å². The van der Waals surface area contributed by atoms with Crippen molar-refractivity contribution >= 4 is 15.9 Å². The van der Waals surface area contributed by atoms with E-state index in [4.69, 9.17) is 0 Å². The summed E-state index contributed by atoms with van der Waals surface area (Å²) in [6.45, 7) is 4.13. The second-order valence-electron chi connectivity index (χ2n) is 2.14. The van der Waals surface area contributed by atoms with Gasteiger partial charge in [0.25, 0.3) is 0 Å². The smallest absolute Gasteiger partial charge is 0.183 e. The van der Waals surface area contributed by atoms with E-state index in [0.29, 0.717) is 0 Å². The molecule has 0 N–H and O–H groups in total. The van der Waals surface area contributed by atoms with Crippen molar-refractivity contribution in [3.8, 4) is 0 Å². The minimum atomic E-state index is 0. The van der Waals surface area contributed by atoms with Crippen molar-refractivity contribution in [3.05, 3.63) is 33.8 Å². The minimum Gasteiger partial charge on any atom is -0.183 e. The van der Waals surface area contributed by atoms with Gasteiger partial charge in [-0.1, -0.05) is 34.3 Å². The SMILES string of the molecule is Cc1c[c-]cc(C)c1Br.[Li+]. The monoisotopic (exact) mass is 190 g/mol. The Labute approximate surface area is 82.3 Å². The van der Waals surface area contributed by atoms with Crippen LogP contribution < -0.4 is 18.9 Å². The van der Waals surface area contributed by atoms with Gasteiger partial charge in [0, 0.05) is 0 Å². The molecule has 2 heteroatoms. The number of benzene rings is 1. The summed E-state index contributed by atoms with van der Waals surface area (Å²) in [6, 6.07) is 6.98. The molecule has 0 aliphatic heterocycles. The maximum atomic E-state index is 3.46. The molecule has 1 aromatic carbocycles. The zero-order valence-electron chi connectivity index (χ0n) is 6.53. The molecule has 0 heterocycles. The quantitative estimate of drug-likeness (QED) is 0.395. The zero-order chi connectivity index (χ0) is 6.85. The van der Waals surface area contributed by atoms with Crippen LogP contribution in [-0.2, 0) is 0 Å². The van der Waals surface area contributed by atoms with Crippen LogP contribution in [0.4, 0.5) is 0 Å². The third kappa shape index (κ3) is 2.16. The first-order valence-electron chi connectivity index (χ1n) is 2.84. The van der Waals surface area contributed by atoms with Crippen LogP contribution in [0.2, 0.25) is 0 Å². The van der Waals surface area contributed by atoms with Crippen LogP contribution in [0.3, 0.4) is 0 Å². The van der Waals surface area contributed by atoms with E-state index in [2.05, 4.69) is 35.8 Å². The number of hydrogen-bond donors (Lipinski definition) is 0. The second-order valence-corrected chi connectivity index (χ2v) is 2.93. The Bertz CT molecular complexity index is 200. The zero-order valence-corrected chi connectivity index (χ0v) is 8.12. The molecule has 0 saturated heterocycles. The summed E-state index contributed by atoms with van der Waals surface area (Å²) in [7, 11) is 0. The molecule has 0 amide bonds. The van der Waals surface area contributed by atoms with Crippen molar-refractivity contribution in [2.24, 2.45) is 0 Å². The second kappa shape index (κ2) is 4.23. The van der Waals surface area contributed by atoms with Gasteiger partial charge in [-0.3, -0.25) is 0 Å². The molecule has 0 bridgehead atoms. The van der Waals surface area contributed by atoms with Gasteiger partial charge in [0.1, 0.15) is 0 Å². The summed E-state index contributed by atoms with van der Waals surface area (Å²) < 4.78 is 1.20. The number of aryl methyl sites for hydroxylation is 2. The van der Waals surface area contributed by atoms with E-state index in [-0.39, 0.29) is 18.9 Å². The molecule has 1 aromatic rings. The van der Waals surface area contributed by atoms with E-state index >= 15 is 0 Å². The Morgan fingerprint density at radius 1 is 1.20 bits per heavy atom. The summed E-state index contributed by atoms with van der Waals surface area (Å²) in [5, 5.41) is 0. The summed E-state index contributed by atoms with van der Waals surface area (Å²) in [6.07, 6.45) is 0. The Kier molecular flexibility index (Phi) is 4.36. The predicted octanol–water partition coefficient (Wildman–Crippen LogP) is -0.130. The topological polar surface area (TPSA) is 0 Å². The van der Waals surface area contributed by atoms with Crippen molar-refractivity contribution < 1.29 is 18.9 Å². The van der Waals surface area contributed by atoms with Crippen LogP contribution in [0.25, 0.3) is 0 Å². The van der Waals surface area contributed by atoms with Gasteiger partial charge in [-0.25, -0.2) is 0 Å². The van der Waals surface area contributed by atoms with Crippen molar-refractivity contribution in [1.29, 1.82) is 0 Å². The normalized spacial score (nSPS) is 8.70. The van der Waals surface area contributed by atoms with Crippen molar-refractivity contribution in [1.82, 2.24) is 0 Å². The Hall–Kier alpha value is 0.297. The van der Waals surface area contributed by atoms with Gasteiger partial charge in [0.05, 0.1) is 0 Å². The third-order valence-electron chi connectivity index (χ3n) is 1.29. The van der Waals surface area contributed by atoms with Crippen LogP contribution in [-0.4, -0.2) is 0 Å². The van der Waals surface area contributed by atoms with Crippen LogP contribution >= 0.6 is 15.9 Å². The molecule has 48 valence electrons. The Balaban J connectivity index is 0.000000810. The van der Waals surface area contributed by atoms with Crippen molar-refractivity contribution in [2.45, 2.75) is 13.8 Å². The maximum Gasteiger partial charge on any atom is 1.00 e. The first kappa shape index (κ1) is 10.3. The average Bonchev–Trinajstić information content (AvgIpc) is 1.83. The maximum absolute atomic E-state index is 3.46. The van der Waals surface area contributed by atoms with Crippen molar-refractivity contribution in [3.63, 3.8) is 0 Å². The van der Waals surface area contributed by atoms with Crippen LogP contribution in [0, 0.1) is 19.9 Å². The van der Waals surface area contributed by atoms with Gasteiger partial charge >= 0.3 is 18.9 Å². The molecule has 0 unspecified atom stereocenters. The van der Waals surface area contributed by atoms with E-state index < -0.39 is 0 Å². The standard InChI is InChI=1S/C8H8Br.Li/c1-6-4-3-5-7(2)8(6)9;/h4-5H,1-2H3;/q-1;+1. The van der Waals surface area contributed by atoms with Gasteiger partial charge < -0.3 is 0 Å². The first-order chi connectivity index (χ1) is 4.22. The Morgan fingerprint density at radius 3 is 1.90 bits per heavy atom. The molecule has 0 fully saturated rings. The van der Waals surface area contributed by atoms with E-state index in [0.717, 1.165) is 0 Å². The first-order valence-corrected chi connectivity index (χ1v) is 3.64. The summed E-state index contributed by atoms with van der Waals surface area (Å²) in [5.41, 5.74) is 2.49. The van der Waals surface area contributed by atoms with Gasteiger partial charge in [0.15, 0.2) is 0 Å². The van der Waals surface area contributed by atoms with E-state index in [1.54, 1.807) is 0 Å². The summed E-state index contributed by atoms with van der Waals surface area (Å²) in [4.78, 5) is 0. The molecule has 0 aromatic heterocycles. The van der Waals surface area contributed by atoms with Gasteiger partial charge in [-0.15, -0.1) is 11.1 Å². The molecule has 0 aliphatic rings. The van der Waals surface area contributed by atoms with Gasteiger partial charge in [-0.2, -0.15) is 18.2 Å². The largest absolute Gasteiger partial charge is 1.00 e. The molecular weight excluding hydrogens is 183 g/mol. The molecule has 0 saturated carbocycles. The average molecular weight is 191 g/mol. The van der Waals surface area contributed by atoms with E-state index in [1.165, 1.54) is 15.6 Å². The van der Waals surface area contributed by atoms with E-state index in [1.807, 2.05) is 12.1 Å². The minimum absolute atomic E-state index is 0. The fourth-order valence-electron chi connectivity index (χ4n) is 0.729. The molecular formula is C8H8BrLi. The molecule has 0 radical (unpaired) electrons. The molecule has 0 nitrogen and oxygen atoms in total. The van der Waals surface area contributed by atoms with Crippen LogP contribution in [0.1, 0.15) is 11.1 Å². The summed E-state index contributed by atoms with van der Waals surface area (Å²) >= 11 is 3.46. The Morgan fingerprint density at radius 2 is 1.60 bits per heavy atom. The van der Waals surface area contributed by atoms with E-state index in [9.17, 15) is 0 Å². The fourth-order valence-corrected chi connectivity index (χ4v) is 0.958. The number of halogens is 1. The van der Waals surface area contributed by atoms with Crippen molar-refractivity contribution in [2.75, 3.05) is 0 Å². The van der Waals surface area contributed by atoms with Gasteiger partial charge in [-0.05, 0) is 0 Å². The molecule has 1 rings (SSSR count). The van der Waals surface area contributed by atoms with Crippen LogP contribution in [0.5, 0.6) is 0 Å². The predicted molar refractivity (Wildman–Crippen MR) is 42.5 cm³/mol. The molecule has 0 aliphatic carbocycles. The molecule has 10 heavy (non-hydrogen) atoms. The number of rotatable bonds is 0. The summed E-state index contributed by atoms with van der Waals surface area (Å²) in [5.74, 6) is 0. The number of hydrogen-bond acceptors (Lipinski definition) is 0.